The number of amides is 1. The number of piperazine rings is 1. The van der Waals surface area contributed by atoms with Gasteiger partial charge < -0.3 is 25.0 Å². The van der Waals surface area contributed by atoms with E-state index in [4.69, 9.17) is 14.5 Å². The van der Waals surface area contributed by atoms with Gasteiger partial charge in [0.2, 0.25) is 10.0 Å². The van der Waals surface area contributed by atoms with Gasteiger partial charge in [0.05, 0.1) is 36.9 Å². The fraction of sp³-hybridized carbons (Fsp3) is 0.412. The summed E-state index contributed by atoms with van der Waals surface area (Å²) < 4.78 is 37.6. The molecule has 14 heteroatoms. The van der Waals surface area contributed by atoms with Crippen molar-refractivity contribution >= 4 is 55.7 Å². The molecule has 0 radical (unpaired) electrons. The van der Waals surface area contributed by atoms with Crippen molar-refractivity contribution in [1.82, 2.24) is 19.9 Å². The predicted octanol–water partition coefficient (Wildman–Crippen LogP) is 4.78. The largest absolute Gasteiger partial charge is 0.492 e. The zero-order valence-corrected chi connectivity index (χ0v) is 29.4. The Morgan fingerprint density at radius 2 is 1.69 bits per heavy atom. The summed E-state index contributed by atoms with van der Waals surface area (Å²) in [5.41, 5.74) is 4.33. The predicted molar refractivity (Wildman–Crippen MR) is 190 cm³/mol. The number of aryl methyl sites for hydroxylation is 1. The molecular formula is C34H44N8O5S. The zero-order chi connectivity index (χ0) is 34.6. The number of carbonyl (C=O) groups excluding carboxylic acids is 1. The summed E-state index contributed by atoms with van der Waals surface area (Å²) in [6.45, 7) is 13.1. The van der Waals surface area contributed by atoms with E-state index < -0.39 is 15.9 Å². The Morgan fingerprint density at radius 1 is 0.958 bits per heavy atom. The van der Waals surface area contributed by atoms with Gasteiger partial charge >= 0.3 is 0 Å². The molecule has 0 saturated carbocycles. The van der Waals surface area contributed by atoms with Crippen LogP contribution in [0.5, 0.6) is 5.75 Å². The molecule has 4 aromatic rings. The van der Waals surface area contributed by atoms with E-state index in [1.165, 1.54) is 13.4 Å². The van der Waals surface area contributed by atoms with Gasteiger partial charge in [-0.2, -0.15) is 0 Å². The second kappa shape index (κ2) is 14.3. The molecule has 3 heterocycles. The number of anilines is 5. The lowest BCUT2D eigenvalue weighted by Crippen LogP contribution is -2.47. The van der Waals surface area contributed by atoms with E-state index in [0.29, 0.717) is 40.4 Å². The molecule has 2 aromatic carbocycles. The third kappa shape index (κ3) is 8.30. The van der Waals surface area contributed by atoms with Crippen LogP contribution in [0, 0.1) is 6.92 Å². The van der Waals surface area contributed by atoms with E-state index in [1.807, 2.05) is 45.9 Å². The summed E-state index contributed by atoms with van der Waals surface area (Å²) in [4.78, 5) is 32.2. The SMILES string of the molecule is COCCN1CCN(c2ccc3ncnc(Nc4cc(C(=O)Nc5cc(C(C)(C)C)cc(NS(C)(=O)=O)c5OC)ccc4C)c3n2)CC1. The second-order valence-electron chi connectivity index (χ2n) is 12.9. The first-order valence-corrected chi connectivity index (χ1v) is 17.6. The number of nitrogens with zero attached hydrogens (tertiary/aromatic N) is 5. The van der Waals surface area contributed by atoms with E-state index in [9.17, 15) is 13.2 Å². The number of sulfonamides is 1. The van der Waals surface area contributed by atoms with Crippen molar-refractivity contribution in [2.75, 3.05) is 80.1 Å². The topological polar surface area (TPSA) is 151 Å². The first kappa shape index (κ1) is 34.8. The average molecular weight is 677 g/mol. The summed E-state index contributed by atoms with van der Waals surface area (Å²) in [5.74, 6) is 1.19. The molecule has 1 amide bonds. The number of hydrogen-bond donors (Lipinski definition) is 3. The van der Waals surface area contributed by atoms with Crippen molar-refractivity contribution in [1.29, 1.82) is 0 Å². The summed E-state index contributed by atoms with van der Waals surface area (Å²) >= 11 is 0. The Labute approximate surface area is 282 Å². The van der Waals surface area contributed by atoms with Gasteiger partial charge in [0, 0.05) is 51.1 Å². The summed E-state index contributed by atoms with van der Waals surface area (Å²) in [5, 5.41) is 6.32. The van der Waals surface area contributed by atoms with Crippen molar-refractivity contribution in [2.45, 2.75) is 33.1 Å². The van der Waals surface area contributed by atoms with Crippen LogP contribution in [0.4, 0.5) is 28.7 Å². The Kier molecular flexibility index (Phi) is 10.4. The van der Waals surface area contributed by atoms with E-state index in [1.54, 1.807) is 31.4 Å². The van der Waals surface area contributed by atoms with Crippen LogP contribution in [0.25, 0.3) is 11.0 Å². The van der Waals surface area contributed by atoms with Gasteiger partial charge in [-0.05, 0) is 59.9 Å². The summed E-state index contributed by atoms with van der Waals surface area (Å²) in [6.07, 6.45) is 2.56. The normalized spacial score (nSPS) is 14.2. The number of hydrogen-bond acceptors (Lipinski definition) is 11. The minimum atomic E-state index is -3.62. The maximum Gasteiger partial charge on any atom is 0.255 e. The molecule has 0 aliphatic carbocycles. The van der Waals surface area contributed by atoms with Gasteiger partial charge in [0.15, 0.2) is 11.6 Å². The highest BCUT2D eigenvalue weighted by molar-refractivity contribution is 7.92. The highest BCUT2D eigenvalue weighted by Crippen LogP contribution is 2.39. The van der Waals surface area contributed by atoms with E-state index in [0.717, 1.165) is 55.9 Å². The molecule has 1 aliphatic rings. The molecule has 0 spiro atoms. The number of fused-ring (bicyclic) bond motifs is 1. The first-order valence-electron chi connectivity index (χ1n) is 15.7. The van der Waals surface area contributed by atoms with E-state index >= 15 is 0 Å². The van der Waals surface area contributed by atoms with E-state index in [-0.39, 0.29) is 16.9 Å². The van der Waals surface area contributed by atoms with Crippen LogP contribution in [-0.2, 0) is 20.2 Å². The lowest BCUT2D eigenvalue weighted by atomic mass is 9.86. The quantitative estimate of drug-likeness (QED) is 0.202. The molecule has 13 nitrogen and oxygen atoms in total. The number of benzene rings is 2. The standard InChI is InChI=1S/C34H44N8O5S/c1-22-8-9-23(33(43)38-27-19-24(34(2,3)4)20-28(31(27)47-6)40-48(7,44)45)18-26(22)37-32-30-25(35-21-36-32)10-11-29(39-30)42-14-12-41(13-15-42)16-17-46-5/h8-11,18-21,40H,12-17H2,1-7H3,(H,38,43)(H,35,36,37). The van der Waals surface area contributed by atoms with Crippen LogP contribution in [0.15, 0.2) is 48.8 Å². The number of ether oxygens (including phenoxy) is 2. The molecule has 1 aliphatic heterocycles. The van der Waals surface area contributed by atoms with Gasteiger partial charge in [-0.1, -0.05) is 26.8 Å². The molecule has 0 atom stereocenters. The van der Waals surface area contributed by atoms with Crippen molar-refractivity contribution < 1.29 is 22.7 Å². The van der Waals surface area contributed by atoms with Crippen molar-refractivity contribution in [2.24, 2.45) is 0 Å². The lowest BCUT2D eigenvalue weighted by Gasteiger charge is -2.35. The van der Waals surface area contributed by atoms with Crippen LogP contribution < -0.4 is 25.0 Å². The second-order valence-corrected chi connectivity index (χ2v) is 14.7. The Balaban J connectivity index is 1.41. The number of pyridine rings is 1. The van der Waals surface area contributed by atoms with Crippen LogP contribution in [0.3, 0.4) is 0 Å². The molecule has 2 aromatic heterocycles. The van der Waals surface area contributed by atoms with Gasteiger partial charge in [0.1, 0.15) is 17.7 Å². The molecule has 48 heavy (non-hydrogen) atoms. The van der Waals surface area contributed by atoms with Gasteiger partial charge in [-0.25, -0.2) is 23.4 Å². The summed E-state index contributed by atoms with van der Waals surface area (Å²) in [6, 6.07) is 12.8. The third-order valence-electron chi connectivity index (χ3n) is 8.23. The molecule has 256 valence electrons. The van der Waals surface area contributed by atoms with Crippen LogP contribution in [0.2, 0.25) is 0 Å². The zero-order valence-electron chi connectivity index (χ0n) is 28.5. The Hall–Kier alpha value is -4.53. The third-order valence-corrected chi connectivity index (χ3v) is 8.82. The highest BCUT2D eigenvalue weighted by atomic mass is 32.2. The minimum Gasteiger partial charge on any atom is -0.492 e. The van der Waals surface area contributed by atoms with Gasteiger partial charge in [-0.3, -0.25) is 14.4 Å². The number of aromatic nitrogens is 3. The maximum absolute atomic E-state index is 13.7. The Morgan fingerprint density at radius 3 is 2.35 bits per heavy atom. The maximum atomic E-state index is 13.7. The van der Waals surface area contributed by atoms with Crippen LogP contribution in [-0.4, -0.2) is 94.0 Å². The van der Waals surface area contributed by atoms with Crippen LogP contribution in [0.1, 0.15) is 42.3 Å². The number of methoxy groups -OCH3 is 2. The number of nitrogens with one attached hydrogen (secondary N) is 3. The molecule has 5 rings (SSSR count). The average Bonchev–Trinajstić information content (AvgIpc) is 3.03. The van der Waals surface area contributed by atoms with Gasteiger partial charge in [0.25, 0.3) is 5.91 Å². The summed E-state index contributed by atoms with van der Waals surface area (Å²) in [7, 11) is -0.467. The smallest absolute Gasteiger partial charge is 0.255 e. The molecule has 1 saturated heterocycles. The minimum absolute atomic E-state index is 0.206. The number of carbonyl (C=O) groups is 1. The van der Waals surface area contributed by atoms with Crippen molar-refractivity contribution in [3.8, 4) is 5.75 Å². The van der Waals surface area contributed by atoms with Crippen molar-refractivity contribution in [3.05, 3.63) is 65.5 Å². The van der Waals surface area contributed by atoms with Gasteiger partial charge in [-0.15, -0.1) is 0 Å². The molecular weight excluding hydrogens is 632 g/mol. The molecule has 0 unspecified atom stereocenters. The van der Waals surface area contributed by atoms with E-state index in [2.05, 4.69) is 35.1 Å². The monoisotopic (exact) mass is 676 g/mol. The molecule has 0 bridgehead atoms. The molecule has 3 N–H and O–H groups in total. The van der Waals surface area contributed by atoms with Crippen LogP contribution >= 0.6 is 0 Å². The highest BCUT2D eigenvalue weighted by Gasteiger charge is 2.23. The van der Waals surface area contributed by atoms with Crippen molar-refractivity contribution in [3.63, 3.8) is 0 Å². The molecule has 1 fully saturated rings. The fourth-order valence-corrected chi connectivity index (χ4v) is 6.04. The first-order chi connectivity index (χ1) is 22.8. The lowest BCUT2D eigenvalue weighted by molar-refractivity contribution is 0.102. The number of rotatable bonds is 11. The Bertz CT molecular complexity index is 1900. The fourth-order valence-electron chi connectivity index (χ4n) is 5.49.